The zero-order chi connectivity index (χ0) is 15.4. The summed E-state index contributed by atoms with van der Waals surface area (Å²) in [5.41, 5.74) is 2.46. The molecule has 0 unspecified atom stereocenters. The Morgan fingerprint density at radius 3 is 2.57 bits per heavy atom. The van der Waals surface area contributed by atoms with Crippen LogP contribution in [0.2, 0.25) is 0 Å². The Kier molecular flexibility index (Phi) is 4.19. The molecule has 5 heteroatoms. The second-order valence-electron chi connectivity index (χ2n) is 4.55. The van der Waals surface area contributed by atoms with Crippen LogP contribution >= 0.6 is 0 Å². The molecule has 21 heavy (non-hydrogen) atoms. The first-order chi connectivity index (χ1) is 10.0. The van der Waals surface area contributed by atoms with Gasteiger partial charge >= 0.3 is 0 Å². The van der Waals surface area contributed by atoms with Gasteiger partial charge in [0.1, 0.15) is 11.9 Å². The lowest BCUT2D eigenvalue weighted by Gasteiger charge is -2.11. The number of anilines is 2. The van der Waals surface area contributed by atoms with Crippen LogP contribution < -0.4 is 10.6 Å². The lowest BCUT2D eigenvalue weighted by Crippen LogP contribution is -2.15. The molecular formula is C16H14FN3O. The van der Waals surface area contributed by atoms with Crippen molar-refractivity contribution in [2.75, 3.05) is 17.7 Å². The van der Waals surface area contributed by atoms with Gasteiger partial charge in [0, 0.05) is 12.7 Å². The van der Waals surface area contributed by atoms with E-state index < -0.39 is 5.82 Å². The Morgan fingerprint density at radius 1 is 1.19 bits per heavy atom. The predicted octanol–water partition coefficient (Wildman–Crippen LogP) is 3.30. The largest absolute Gasteiger partial charge is 0.387 e. The average Bonchev–Trinajstić information content (AvgIpc) is 2.48. The van der Waals surface area contributed by atoms with Crippen LogP contribution in [-0.4, -0.2) is 13.0 Å². The lowest BCUT2D eigenvalue weighted by atomic mass is 10.1. The van der Waals surface area contributed by atoms with Gasteiger partial charge in [-0.1, -0.05) is 11.6 Å². The zero-order valence-electron chi connectivity index (χ0n) is 11.7. The summed E-state index contributed by atoms with van der Waals surface area (Å²) >= 11 is 0. The van der Waals surface area contributed by atoms with Gasteiger partial charge in [0.15, 0.2) is 0 Å². The summed E-state index contributed by atoms with van der Waals surface area (Å²) in [5.74, 6) is -0.873. The van der Waals surface area contributed by atoms with Crippen LogP contribution in [0.25, 0.3) is 0 Å². The Morgan fingerprint density at radius 2 is 1.90 bits per heavy atom. The molecule has 0 aromatic heterocycles. The Balaban J connectivity index is 2.35. The Labute approximate surface area is 122 Å². The molecule has 0 atom stereocenters. The highest BCUT2D eigenvalue weighted by molar-refractivity contribution is 6.08. The summed E-state index contributed by atoms with van der Waals surface area (Å²) in [5, 5.41) is 14.6. The number of hydrogen-bond acceptors (Lipinski definition) is 3. The molecule has 0 aliphatic rings. The molecule has 0 spiro atoms. The standard InChI is InChI=1S/C16H14FN3O/c1-10-3-5-15(19-2)13(7-10)16(21)20-14-6-4-12(17)8-11(14)9-18/h3-8,19H,1-2H3,(H,20,21). The van der Waals surface area contributed by atoms with E-state index in [0.717, 1.165) is 11.6 Å². The molecule has 4 nitrogen and oxygen atoms in total. The van der Waals surface area contributed by atoms with Gasteiger partial charge < -0.3 is 10.6 Å². The molecule has 0 aliphatic carbocycles. The first kappa shape index (κ1) is 14.5. The summed E-state index contributed by atoms with van der Waals surface area (Å²) in [6, 6.07) is 11.0. The van der Waals surface area contributed by atoms with E-state index >= 15 is 0 Å². The first-order valence-electron chi connectivity index (χ1n) is 6.34. The number of benzene rings is 2. The number of nitrogens with one attached hydrogen (secondary N) is 2. The fourth-order valence-electron chi connectivity index (χ4n) is 1.97. The van der Waals surface area contributed by atoms with E-state index in [2.05, 4.69) is 10.6 Å². The maximum absolute atomic E-state index is 13.1. The molecule has 0 saturated heterocycles. The third-order valence-electron chi connectivity index (χ3n) is 3.04. The Bertz CT molecular complexity index is 735. The second kappa shape index (κ2) is 6.06. The van der Waals surface area contributed by atoms with Gasteiger partial charge in [-0.05, 0) is 37.3 Å². The van der Waals surface area contributed by atoms with Crippen molar-refractivity contribution in [3.8, 4) is 6.07 Å². The maximum atomic E-state index is 13.1. The van der Waals surface area contributed by atoms with Crippen molar-refractivity contribution in [2.24, 2.45) is 0 Å². The highest BCUT2D eigenvalue weighted by Gasteiger charge is 2.13. The minimum absolute atomic E-state index is 0.0852. The van der Waals surface area contributed by atoms with Gasteiger partial charge in [0.25, 0.3) is 5.91 Å². The molecule has 1 amide bonds. The van der Waals surface area contributed by atoms with E-state index in [-0.39, 0.29) is 17.2 Å². The van der Waals surface area contributed by atoms with Crippen molar-refractivity contribution in [2.45, 2.75) is 6.92 Å². The normalized spacial score (nSPS) is 9.81. The lowest BCUT2D eigenvalue weighted by molar-refractivity contribution is 0.102. The minimum Gasteiger partial charge on any atom is -0.387 e. The number of hydrogen-bond donors (Lipinski definition) is 2. The number of carbonyl (C=O) groups is 1. The third kappa shape index (κ3) is 3.18. The van der Waals surface area contributed by atoms with Crippen molar-refractivity contribution in [1.82, 2.24) is 0 Å². The number of halogens is 1. The molecule has 0 aliphatic heterocycles. The van der Waals surface area contributed by atoms with Gasteiger partial charge in [0.05, 0.1) is 16.8 Å². The fourth-order valence-corrected chi connectivity index (χ4v) is 1.97. The minimum atomic E-state index is -0.518. The molecule has 2 N–H and O–H groups in total. The molecule has 106 valence electrons. The maximum Gasteiger partial charge on any atom is 0.257 e. The third-order valence-corrected chi connectivity index (χ3v) is 3.04. The summed E-state index contributed by atoms with van der Waals surface area (Å²) in [4.78, 5) is 12.3. The quantitative estimate of drug-likeness (QED) is 0.908. The number of aryl methyl sites for hydroxylation is 1. The van der Waals surface area contributed by atoms with Crippen molar-refractivity contribution < 1.29 is 9.18 Å². The fraction of sp³-hybridized carbons (Fsp3) is 0.125. The van der Waals surface area contributed by atoms with Crippen LogP contribution in [0.4, 0.5) is 15.8 Å². The van der Waals surface area contributed by atoms with Crippen molar-refractivity contribution in [3.05, 3.63) is 58.9 Å². The van der Waals surface area contributed by atoms with Crippen LogP contribution in [0.5, 0.6) is 0 Å². The monoisotopic (exact) mass is 283 g/mol. The predicted molar refractivity (Wildman–Crippen MR) is 79.8 cm³/mol. The molecule has 0 bridgehead atoms. The molecule has 0 radical (unpaired) electrons. The van der Waals surface area contributed by atoms with Crippen molar-refractivity contribution >= 4 is 17.3 Å². The molecule has 2 aromatic carbocycles. The molecule has 0 saturated carbocycles. The number of rotatable bonds is 3. The zero-order valence-corrected chi connectivity index (χ0v) is 11.7. The van der Waals surface area contributed by atoms with Crippen LogP contribution in [0.15, 0.2) is 36.4 Å². The summed E-state index contributed by atoms with van der Waals surface area (Å²) < 4.78 is 13.1. The molecule has 2 rings (SSSR count). The SMILES string of the molecule is CNc1ccc(C)cc1C(=O)Nc1ccc(F)cc1C#N. The van der Waals surface area contributed by atoms with E-state index in [1.165, 1.54) is 12.1 Å². The van der Waals surface area contributed by atoms with Crippen molar-refractivity contribution in [3.63, 3.8) is 0 Å². The van der Waals surface area contributed by atoms with E-state index in [1.54, 1.807) is 19.2 Å². The summed E-state index contributed by atoms with van der Waals surface area (Å²) in [7, 11) is 1.72. The number of carbonyl (C=O) groups excluding carboxylic acids is 1. The van der Waals surface area contributed by atoms with Gasteiger partial charge in [-0.3, -0.25) is 4.79 Å². The summed E-state index contributed by atoms with van der Waals surface area (Å²) in [6.07, 6.45) is 0. The summed E-state index contributed by atoms with van der Waals surface area (Å²) in [6.45, 7) is 1.88. The molecule has 0 fully saturated rings. The van der Waals surface area contributed by atoms with Gasteiger partial charge in [-0.25, -0.2) is 4.39 Å². The van der Waals surface area contributed by atoms with Crippen molar-refractivity contribution in [1.29, 1.82) is 5.26 Å². The molecule has 2 aromatic rings. The van der Waals surface area contributed by atoms with Crippen LogP contribution in [0.1, 0.15) is 21.5 Å². The van der Waals surface area contributed by atoms with E-state index in [9.17, 15) is 9.18 Å². The van der Waals surface area contributed by atoms with Gasteiger partial charge in [-0.15, -0.1) is 0 Å². The van der Waals surface area contributed by atoms with Gasteiger partial charge in [0.2, 0.25) is 0 Å². The topological polar surface area (TPSA) is 64.9 Å². The van der Waals surface area contributed by atoms with E-state index in [0.29, 0.717) is 11.3 Å². The van der Waals surface area contributed by atoms with Crippen LogP contribution in [0, 0.1) is 24.1 Å². The van der Waals surface area contributed by atoms with Crippen LogP contribution in [-0.2, 0) is 0 Å². The highest BCUT2D eigenvalue weighted by Crippen LogP contribution is 2.21. The molecule has 0 heterocycles. The van der Waals surface area contributed by atoms with Crippen LogP contribution in [0.3, 0.4) is 0 Å². The average molecular weight is 283 g/mol. The number of nitrogens with zero attached hydrogens (tertiary/aromatic N) is 1. The molecular weight excluding hydrogens is 269 g/mol. The number of amides is 1. The van der Waals surface area contributed by atoms with E-state index in [1.807, 2.05) is 19.1 Å². The Hall–Kier alpha value is -2.87. The highest BCUT2D eigenvalue weighted by atomic mass is 19.1. The van der Waals surface area contributed by atoms with Gasteiger partial charge in [-0.2, -0.15) is 5.26 Å². The number of nitriles is 1. The smallest absolute Gasteiger partial charge is 0.257 e. The first-order valence-corrected chi connectivity index (χ1v) is 6.34. The van der Waals surface area contributed by atoms with E-state index in [4.69, 9.17) is 5.26 Å². The second-order valence-corrected chi connectivity index (χ2v) is 4.55.